The van der Waals surface area contributed by atoms with Gasteiger partial charge >= 0.3 is 0 Å². The molecule has 0 atom stereocenters. The summed E-state index contributed by atoms with van der Waals surface area (Å²) in [5.74, 6) is -0.630. The van der Waals surface area contributed by atoms with Crippen LogP contribution in [0, 0.1) is 12.7 Å². The van der Waals surface area contributed by atoms with Crippen molar-refractivity contribution in [1.82, 2.24) is 9.97 Å². The van der Waals surface area contributed by atoms with Crippen molar-refractivity contribution in [3.63, 3.8) is 0 Å². The van der Waals surface area contributed by atoms with Crippen LogP contribution in [0.1, 0.15) is 16.1 Å². The van der Waals surface area contributed by atoms with Gasteiger partial charge in [0.25, 0.3) is 5.91 Å². The normalized spacial score (nSPS) is 10.2. The first kappa shape index (κ1) is 11.1. The first-order valence-electron chi connectivity index (χ1n) is 4.94. The molecule has 1 aromatic carbocycles. The lowest BCUT2D eigenvalue weighted by molar-refractivity contribution is 0.102. The van der Waals surface area contributed by atoms with Crippen molar-refractivity contribution in [3.8, 4) is 0 Å². The van der Waals surface area contributed by atoms with Gasteiger partial charge in [0.15, 0.2) is 5.95 Å². The minimum Gasteiger partial charge on any atom is -0.369 e. The number of halogens is 1. The molecule has 88 valence electrons. The molecule has 0 aliphatic carbocycles. The van der Waals surface area contributed by atoms with Crippen LogP contribution in [0.3, 0.4) is 0 Å². The van der Waals surface area contributed by atoms with E-state index in [1.807, 2.05) is 0 Å². The highest BCUT2D eigenvalue weighted by molar-refractivity contribution is 6.02. The molecule has 1 aromatic heterocycles. The van der Waals surface area contributed by atoms with Crippen LogP contribution in [-0.4, -0.2) is 15.9 Å². The Hall–Kier alpha value is -2.37. The van der Waals surface area contributed by atoms with Crippen molar-refractivity contribution in [3.05, 3.63) is 41.5 Å². The maximum atomic E-state index is 13.2. The number of amides is 1. The first-order valence-corrected chi connectivity index (χ1v) is 4.94. The molecule has 0 spiro atoms. The smallest absolute Gasteiger partial charge is 0.273 e. The standard InChI is InChI=1S/C11H11FN4O/c1-6-2-3-7(4-8(6)12)15-10(17)9-5-14-11(13)16-9/h2-5H,1H3,(H,15,17)(H3,13,14,16). The second-order valence-electron chi connectivity index (χ2n) is 3.60. The van der Waals surface area contributed by atoms with Gasteiger partial charge in [0.2, 0.25) is 0 Å². The Morgan fingerprint density at radius 3 is 2.88 bits per heavy atom. The Labute approximate surface area is 96.9 Å². The highest BCUT2D eigenvalue weighted by Gasteiger charge is 2.09. The van der Waals surface area contributed by atoms with Crippen molar-refractivity contribution >= 4 is 17.5 Å². The van der Waals surface area contributed by atoms with Gasteiger partial charge in [-0.25, -0.2) is 9.37 Å². The van der Waals surface area contributed by atoms with Crippen molar-refractivity contribution < 1.29 is 9.18 Å². The number of carbonyl (C=O) groups is 1. The molecule has 0 radical (unpaired) electrons. The predicted molar refractivity (Wildman–Crippen MR) is 62.1 cm³/mol. The van der Waals surface area contributed by atoms with E-state index in [1.165, 1.54) is 12.3 Å². The number of nitrogens with one attached hydrogen (secondary N) is 2. The number of aryl methyl sites for hydroxylation is 1. The molecule has 5 nitrogen and oxygen atoms in total. The number of hydrogen-bond donors (Lipinski definition) is 3. The number of hydrogen-bond acceptors (Lipinski definition) is 3. The summed E-state index contributed by atoms with van der Waals surface area (Å²) in [7, 11) is 0. The number of anilines is 2. The fraction of sp³-hybridized carbons (Fsp3) is 0.0909. The molecular weight excluding hydrogens is 223 g/mol. The molecule has 1 heterocycles. The summed E-state index contributed by atoms with van der Waals surface area (Å²) in [5.41, 5.74) is 6.48. The summed E-state index contributed by atoms with van der Waals surface area (Å²) in [5, 5.41) is 2.53. The second-order valence-corrected chi connectivity index (χ2v) is 3.60. The largest absolute Gasteiger partial charge is 0.369 e. The van der Waals surface area contributed by atoms with E-state index in [1.54, 1.807) is 19.1 Å². The van der Waals surface area contributed by atoms with Gasteiger partial charge in [-0.1, -0.05) is 6.07 Å². The third-order valence-corrected chi connectivity index (χ3v) is 2.27. The average Bonchev–Trinajstić information content (AvgIpc) is 2.70. The summed E-state index contributed by atoms with van der Waals surface area (Å²) < 4.78 is 13.2. The Morgan fingerprint density at radius 2 is 2.29 bits per heavy atom. The fourth-order valence-corrected chi connectivity index (χ4v) is 1.32. The Bertz CT molecular complexity index is 564. The Kier molecular flexibility index (Phi) is 2.78. The fourth-order valence-electron chi connectivity index (χ4n) is 1.32. The third-order valence-electron chi connectivity index (χ3n) is 2.27. The molecule has 0 unspecified atom stereocenters. The van der Waals surface area contributed by atoms with E-state index in [0.717, 1.165) is 0 Å². The van der Waals surface area contributed by atoms with Crippen LogP contribution >= 0.6 is 0 Å². The molecule has 0 aliphatic rings. The van der Waals surface area contributed by atoms with Crippen LogP contribution in [-0.2, 0) is 0 Å². The predicted octanol–water partition coefficient (Wildman–Crippen LogP) is 1.69. The number of aromatic nitrogens is 2. The van der Waals surface area contributed by atoms with Gasteiger partial charge in [-0.3, -0.25) is 4.79 Å². The maximum absolute atomic E-state index is 13.2. The highest BCUT2D eigenvalue weighted by atomic mass is 19.1. The summed E-state index contributed by atoms with van der Waals surface area (Å²) in [4.78, 5) is 17.9. The Balaban J connectivity index is 2.15. The number of nitrogens with two attached hydrogens (primary N) is 1. The van der Waals surface area contributed by atoms with Gasteiger partial charge < -0.3 is 16.0 Å². The maximum Gasteiger partial charge on any atom is 0.273 e. The molecule has 2 rings (SSSR count). The molecular formula is C11H11FN4O. The van der Waals surface area contributed by atoms with E-state index < -0.39 is 5.91 Å². The molecule has 0 bridgehead atoms. The van der Waals surface area contributed by atoms with Gasteiger partial charge in [-0.05, 0) is 24.6 Å². The summed E-state index contributed by atoms with van der Waals surface area (Å²) in [6.45, 7) is 1.65. The number of benzene rings is 1. The van der Waals surface area contributed by atoms with Crippen LogP contribution in [0.5, 0.6) is 0 Å². The molecule has 0 saturated carbocycles. The van der Waals surface area contributed by atoms with Gasteiger partial charge in [-0.2, -0.15) is 0 Å². The lowest BCUT2D eigenvalue weighted by Gasteiger charge is -2.04. The van der Waals surface area contributed by atoms with Crippen LogP contribution < -0.4 is 11.1 Å². The highest BCUT2D eigenvalue weighted by Crippen LogP contribution is 2.14. The van der Waals surface area contributed by atoms with Crippen molar-refractivity contribution in [2.75, 3.05) is 11.1 Å². The van der Waals surface area contributed by atoms with E-state index >= 15 is 0 Å². The zero-order chi connectivity index (χ0) is 12.4. The van der Waals surface area contributed by atoms with Crippen molar-refractivity contribution in [1.29, 1.82) is 0 Å². The Morgan fingerprint density at radius 1 is 1.53 bits per heavy atom. The third kappa shape index (κ3) is 2.41. The second kappa shape index (κ2) is 4.25. The molecule has 4 N–H and O–H groups in total. The number of carbonyl (C=O) groups excluding carboxylic acids is 1. The van der Waals surface area contributed by atoms with Gasteiger partial charge in [0, 0.05) is 5.69 Å². The van der Waals surface area contributed by atoms with Crippen molar-refractivity contribution in [2.24, 2.45) is 0 Å². The monoisotopic (exact) mass is 234 g/mol. The number of H-pyrrole nitrogens is 1. The molecule has 0 fully saturated rings. The van der Waals surface area contributed by atoms with Gasteiger partial charge in [0.05, 0.1) is 6.20 Å². The van der Waals surface area contributed by atoms with E-state index in [-0.39, 0.29) is 17.5 Å². The van der Waals surface area contributed by atoms with Crippen LogP contribution in [0.15, 0.2) is 24.4 Å². The molecule has 0 saturated heterocycles. The van der Waals surface area contributed by atoms with Crippen LogP contribution in [0.25, 0.3) is 0 Å². The zero-order valence-electron chi connectivity index (χ0n) is 9.12. The molecule has 6 heteroatoms. The summed E-state index contributed by atoms with van der Waals surface area (Å²) in [6, 6.07) is 4.47. The first-order chi connectivity index (χ1) is 8.06. The molecule has 0 aliphatic heterocycles. The van der Waals surface area contributed by atoms with Crippen molar-refractivity contribution in [2.45, 2.75) is 6.92 Å². The van der Waals surface area contributed by atoms with E-state index in [2.05, 4.69) is 15.3 Å². The van der Waals surface area contributed by atoms with E-state index in [4.69, 9.17) is 5.73 Å². The summed E-state index contributed by atoms with van der Waals surface area (Å²) >= 11 is 0. The van der Waals surface area contributed by atoms with Crippen LogP contribution in [0.4, 0.5) is 16.0 Å². The number of nitrogens with zero attached hydrogens (tertiary/aromatic N) is 1. The molecule has 1 amide bonds. The number of imidazole rings is 1. The van der Waals surface area contributed by atoms with Crippen LogP contribution in [0.2, 0.25) is 0 Å². The average molecular weight is 234 g/mol. The number of rotatable bonds is 2. The lowest BCUT2D eigenvalue weighted by atomic mass is 10.2. The zero-order valence-corrected chi connectivity index (χ0v) is 9.12. The lowest BCUT2D eigenvalue weighted by Crippen LogP contribution is -2.12. The number of aromatic amines is 1. The minimum absolute atomic E-state index is 0.158. The topological polar surface area (TPSA) is 83.8 Å². The summed E-state index contributed by atoms with van der Waals surface area (Å²) in [6.07, 6.45) is 1.31. The molecule has 17 heavy (non-hydrogen) atoms. The van der Waals surface area contributed by atoms with Gasteiger partial charge in [0.1, 0.15) is 11.5 Å². The number of nitrogen functional groups attached to an aromatic ring is 1. The van der Waals surface area contributed by atoms with E-state index in [9.17, 15) is 9.18 Å². The molecule has 2 aromatic rings. The minimum atomic E-state index is -0.419. The quantitative estimate of drug-likeness (QED) is 0.739. The van der Waals surface area contributed by atoms with E-state index in [0.29, 0.717) is 11.3 Å². The van der Waals surface area contributed by atoms with Gasteiger partial charge in [-0.15, -0.1) is 0 Å². The SMILES string of the molecule is Cc1ccc(NC(=O)c2cnc(N)[nH]2)cc1F.